The molecule has 0 unspecified atom stereocenters. The van der Waals surface area contributed by atoms with Crippen LogP contribution in [0, 0.1) is 0 Å². The third kappa shape index (κ3) is 3.78. The summed E-state index contributed by atoms with van der Waals surface area (Å²) in [5.41, 5.74) is 1.47. The molecule has 19 heavy (non-hydrogen) atoms. The summed E-state index contributed by atoms with van der Waals surface area (Å²) in [5.74, 6) is -0.0197. The fourth-order valence-electron chi connectivity index (χ4n) is 1.74. The fourth-order valence-corrected chi connectivity index (χ4v) is 1.74. The second-order valence-electron chi connectivity index (χ2n) is 4.12. The van der Waals surface area contributed by atoms with Crippen LogP contribution in [0.25, 0.3) is 0 Å². The number of carbonyl (C=O) groups excluding carboxylic acids is 2. The Balaban J connectivity index is 1.93. The lowest BCUT2D eigenvalue weighted by molar-refractivity contribution is -0.134. The largest absolute Gasteiger partial charge is 0.426 e. The molecule has 0 saturated heterocycles. The van der Waals surface area contributed by atoms with Gasteiger partial charge in [0.25, 0.3) is 0 Å². The van der Waals surface area contributed by atoms with Gasteiger partial charge in [0, 0.05) is 6.42 Å². The second-order valence-corrected chi connectivity index (χ2v) is 4.12. The van der Waals surface area contributed by atoms with E-state index in [1.165, 1.54) is 0 Å². The molecular formula is C16H14O3. The van der Waals surface area contributed by atoms with Crippen molar-refractivity contribution in [2.24, 2.45) is 0 Å². The minimum atomic E-state index is -0.335. The van der Waals surface area contributed by atoms with E-state index in [1.807, 2.05) is 30.3 Å². The van der Waals surface area contributed by atoms with Crippen LogP contribution in [0.5, 0.6) is 5.75 Å². The molecule has 0 heterocycles. The molecule has 3 heteroatoms. The van der Waals surface area contributed by atoms with Crippen molar-refractivity contribution in [2.45, 2.75) is 12.8 Å². The summed E-state index contributed by atoms with van der Waals surface area (Å²) >= 11 is 0. The first kappa shape index (κ1) is 13.0. The van der Waals surface area contributed by atoms with Crippen LogP contribution in [0.4, 0.5) is 0 Å². The first-order valence-electron chi connectivity index (χ1n) is 6.08. The van der Waals surface area contributed by atoms with Crippen molar-refractivity contribution < 1.29 is 14.3 Å². The van der Waals surface area contributed by atoms with Crippen molar-refractivity contribution in [3.63, 3.8) is 0 Å². The van der Waals surface area contributed by atoms with Crippen molar-refractivity contribution in [3.05, 3.63) is 65.7 Å². The van der Waals surface area contributed by atoms with E-state index in [0.29, 0.717) is 24.0 Å². The van der Waals surface area contributed by atoms with E-state index in [2.05, 4.69) is 0 Å². The summed E-state index contributed by atoms with van der Waals surface area (Å²) in [5, 5.41) is 0. The zero-order valence-electron chi connectivity index (χ0n) is 10.4. The molecule has 0 saturated carbocycles. The van der Waals surface area contributed by atoms with Crippen molar-refractivity contribution in [1.82, 2.24) is 0 Å². The number of aryl methyl sites for hydroxylation is 1. The van der Waals surface area contributed by atoms with Gasteiger partial charge in [-0.05, 0) is 24.1 Å². The van der Waals surface area contributed by atoms with E-state index in [9.17, 15) is 9.59 Å². The number of hydrogen-bond acceptors (Lipinski definition) is 3. The van der Waals surface area contributed by atoms with Gasteiger partial charge >= 0.3 is 5.97 Å². The standard InChI is InChI=1S/C16H14O3/c17-12-14-8-4-5-9-15(14)19-16(18)11-10-13-6-2-1-3-7-13/h1-9,12H,10-11H2. The van der Waals surface area contributed by atoms with Crippen LogP contribution in [0.1, 0.15) is 22.3 Å². The maximum Gasteiger partial charge on any atom is 0.311 e. The molecule has 2 aromatic rings. The van der Waals surface area contributed by atoms with Crippen LogP contribution >= 0.6 is 0 Å². The molecule has 0 spiro atoms. The highest BCUT2D eigenvalue weighted by Crippen LogP contribution is 2.16. The number of ether oxygens (including phenoxy) is 1. The molecule has 2 aromatic carbocycles. The topological polar surface area (TPSA) is 43.4 Å². The first-order valence-corrected chi connectivity index (χ1v) is 6.08. The highest BCUT2D eigenvalue weighted by atomic mass is 16.5. The number of para-hydroxylation sites is 1. The van der Waals surface area contributed by atoms with Crippen LogP contribution in [0.15, 0.2) is 54.6 Å². The predicted molar refractivity (Wildman–Crippen MR) is 72.2 cm³/mol. The SMILES string of the molecule is O=Cc1ccccc1OC(=O)CCc1ccccc1. The molecule has 2 rings (SSSR count). The molecule has 0 atom stereocenters. The third-order valence-electron chi connectivity index (χ3n) is 2.73. The van der Waals surface area contributed by atoms with Crippen molar-refractivity contribution in [2.75, 3.05) is 0 Å². The molecule has 0 aliphatic rings. The van der Waals surface area contributed by atoms with Crippen LogP contribution in [-0.2, 0) is 11.2 Å². The number of aldehydes is 1. The van der Waals surface area contributed by atoms with Crippen LogP contribution in [-0.4, -0.2) is 12.3 Å². The molecule has 3 nitrogen and oxygen atoms in total. The quantitative estimate of drug-likeness (QED) is 0.468. The van der Waals surface area contributed by atoms with E-state index in [0.717, 1.165) is 5.56 Å². The van der Waals surface area contributed by atoms with Gasteiger partial charge < -0.3 is 4.74 Å². The van der Waals surface area contributed by atoms with E-state index >= 15 is 0 Å². The van der Waals surface area contributed by atoms with Crippen LogP contribution in [0.3, 0.4) is 0 Å². The molecule has 0 bridgehead atoms. The normalized spacial score (nSPS) is 9.89. The smallest absolute Gasteiger partial charge is 0.311 e. The molecule has 0 aliphatic heterocycles. The van der Waals surface area contributed by atoms with E-state index in [-0.39, 0.29) is 12.4 Å². The van der Waals surface area contributed by atoms with Gasteiger partial charge in [0.05, 0.1) is 5.56 Å². The average Bonchev–Trinajstić information content (AvgIpc) is 2.47. The number of benzene rings is 2. The number of esters is 1. The Bertz CT molecular complexity index is 561. The second kappa shape index (κ2) is 6.50. The lowest BCUT2D eigenvalue weighted by Gasteiger charge is -2.06. The van der Waals surface area contributed by atoms with Gasteiger partial charge in [-0.25, -0.2) is 0 Å². The van der Waals surface area contributed by atoms with Crippen molar-refractivity contribution >= 4 is 12.3 Å². The Morgan fingerprint density at radius 1 is 1.00 bits per heavy atom. The summed E-state index contributed by atoms with van der Waals surface area (Å²) in [7, 11) is 0. The molecule has 0 radical (unpaired) electrons. The highest BCUT2D eigenvalue weighted by molar-refractivity contribution is 5.82. The van der Waals surface area contributed by atoms with Gasteiger partial charge in [-0.2, -0.15) is 0 Å². The maximum atomic E-state index is 11.7. The predicted octanol–water partition coefficient (Wildman–Crippen LogP) is 3.04. The van der Waals surface area contributed by atoms with Gasteiger partial charge in [0.15, 0.2) is 6.29 Å². The summed E-state index contributed by atoms with van der Waals surface area (Å²) in [4.78, 5) is 22.5. The maximum absolute atomic E-state index is 11.7. The van der Waals surface area contributed by atoms with Gasteiger partial charge in [0.2, 0.25) is 0 Å². The Hall–Kier alpha value is -2.42. The fraction of sp³-hybridized carbons (Fsp3) is 0.125. The summed E-state index contributed by atoms with van der Waals surface area (Å²) < 4.78 is 5.19. The molecule has 0 aliphatic carbocycles. The van der Waals surface area contributed by atoms with E-state index in [4.69, 9.17) is 4.74 Å². The number of carbonyl (C=O) groups is 2. The van der Waals surface area contributed by atoms with E-state index in [1.54, 1.807) is 24.3 Å². The summed E-state index contributed by atoms with van der Waals surface area (Å²) in [6.07, 6.45) is 1.60. The number of hydrogen-bond donors (Lipinski definition) is 0. The average molecular weight is 254 g/mol. The first-order chi connectivity index (χ1) is 9.29. The molecule has 0 amide bonds. The van der Waals surface area contributed by atoms with Crippen LogP contribution < -0.4 is 4.74 Å². The Kier molecular flexibility index (Phi) is 4.45. The summed E-state index contributed by atoms with van der Waals surface area (Å²) in [6, 6.07) is 16.4. The van der Waals surface area contributed by atoms with Gasteiger partial charge in [-0.15, -0.1) is 0 Å². The van der Waals surface area contributed by atoms with Crippen molar-refractivity contribution in [1.29, 1.82) is 0 Å². The Labute approximate surface area is 111 Å². The molecule has 0 aromatic heterocycles. The van der Waals surface area contributed by atoms with Gasteiger partial charge in [-0.3, -0.25) is 9.59 Å². The highest BCUT2D eigenvalue weighted by Gasteiger charge is 2.08. The van der Waals surface area contributed by atoms with Crippen LogP contribution in [0.2, 0.25) is 0 Å². The van der Waals surface area contributed by atoms with E-state index < -0.39 is 0 Å². The minimum absolute atomic E-state index is 0.289. The Morgan fingerprint density at radius 2 is 1.68 bits per heavy atom. The molecule has 0 fully saturated rings. The minimum Gasteiger partial charge on any atom is -0.426 e. The monoisotopic (exact) mass is 254 g/mol. The zero-order valence-corrected chi connectivity index (χ0v) is 10.4. The van der Waals surface area contributed by atoms with Crippen molar-refractivity contribution in [3.8, 4) is 5.75 Å². The molecule has 0 N–H and O–H groups in total. The third-order valence-corrected chi connectivity index (χ3v) is 2.73. The molecular weight excluding hydrogens is 240 g/mol. The lowest BCUT2D eigenvalue weighted by atomic mass is 10.1. The van der Waals surface area contributed by atoms with Gasteiger partial charge in [-0.1, -0.05) is 42.5 Å². The zero-order chi connectivity index (χ0) is 13.5. The Morgan fingerprint density at radius 3 is 2.42 bits per heavy atom. The lowest BCUT2D eigenvalue weighted by Crippen LogP contribution is -2.10. The number of rotatable bonds is 5. The van der Waals surface area contributed by atoms with Gasteiger partial charge in [0.1, 0.15) is 5.75 Å². The summed E-state index contributed by atoms with van der Waals surface area (Å²) in [6.45, 7) is 0. The molecule has 96 valence electrons.